The van der Waals surface area contributed by atoms with Gasteiger partial charge < -0.3 is 15.0 Å². The van der Waals surface area contributed by atoms with Crippen LogP contribution in [0.3, 0.4) is 0 Å². The van der Waals surface area contributed by atoms with E-state index in [1.165, 1.54) is 0 Å². The minimum absolute atomic E-state index is 0.279. The third-order valence-electron chi connectivity index (χ3n) is 1.92. The molecule has 0 aliphatic carbocycles. The third-order valence-corrected chi connectivity index (χ3v) is 2.46. The van der Waals surface area contributed by atoms with Crippen LogP contribution in [-0.4, -0.2) is 48.7 Å². The molecule has 0 aliphatic heterocycles. The lowest BCUT2D eigenvalue weighted by Crippen LogP contribution is -2.30. The quantitative estimate of drug-likeness (QED) is 0.892. The van der Waals surface area contributed by atoms with E-state index in [1.54, 1.807) is 13.3 Å². The average molecular weight is 289 g/mol. The first-order valence-corrected chi connectivity index (χ1v) is 5.80. The van der Waals surface area contributed by atoms with Gasteiger partial charge >= 0.3 is 0 Å². The molecule has 0 saturated carbocycles. The zero-order chi connectivity index (χ0) is 12.1. The summed E-state index contributed by atoms with van der Waals surface area (Å²) < 4.78 is 5.85. The molecule has 1 atom stereocenters. The Balaban J connectivity index is 2.67. The van der Waals surface area contributed by atoms with Crippen molar-refractivity contribution in [2.75, 3.05) is 33.1 Å². The predicted molar refractivity (Wildman–Crippen MR) is 67.9 cm³/mol. The molecule has 5 nitrogen and oxygen atoms in total. The number of methoxy groups -OCH3 is 1. The summed E-state index contributed by atoms with van der Waals surface area (Å²) in [5.74, 6) is 1.11. The smallest absolute Gasteiger partial charge is 0.232 e. The summed E-state index contributed by atoms with van der Waals surface area (Å²) in [5, 5.41) is 3.21. The summed E-state index contributed by atoms with van der Waals surface area (Å²) in [7, 11) is 5.64. The van der Waals surface area contributed by atoms with Crippen LogP contribution in [0.25, 0.3) is 0 Å². The Bertz CT molecular complexity index is 346. The summed E-state index contributed by atoms with van der Waals surface area (Å²) in [6.07, 6.45) is 1.68. The van der Waals surface area contributed by atoms with Crippen LogP contribution in [0.5, 0.6) is 5.88 Å². The molecular formula is C10H17BrN4O. The van der Waals surface area contributed by atoms with Gasteiger partial charge in [0.15, 0.2) is 0 Å². The summed E-state index contributed by atoms with van der Waals surface area (Å²) in [5.41, 5.74) is 0. The molecule has 1 N–H and O–H groups in total. The first-order valence-electron chi connectivity index (χ1n) is 5.00. The number of nitrogens with one attached hydrogen (secondary N) is 1. The van der Waals surface area contributed by atoms with Crippen molar-refractivity contribution in [1.29, 1.82) is 0 Å². The van der Waals surface area contributed by atoms with Gasteiger partial charge in [-0.25, -0.2) is 4.98 Å². The van der Waals surface area contributed by atoms with E-state index in [-0.39, 0.29) is 6.04 Å². The van der Waals surface area contributed by atoms with E-state index in [1.807, 2.05) is 14.1 Å². The molecule has 1 rings (SSSR count). The van der Waals surface area contributed by atoms with Crippen molar-refractivity contribution in [2.45, 2.75) is 13.0 Å². The van der Waals surface area contributed by atoms with Gasteiger partial charge in [0.2, 0.25) is 11.8 Å². The zero-order valence-corrected chi connectivity index (χ0v) is 11.6. The number of aromatic nitrogens is 2. The first kappa shape index (κ1) is 13.2. The SMILES string of the molecule is COc1nc(NC(C)CN(C)C)ncc1Br. The van der Waals surface area contributed by atoms with Crippen LogP contribution in [-0.2, 0) is 0 Å². The third kappa shape index (κ3) is 3.94. The number of hydrogen-bond acceptors (Lipinski definition) is 5. The second kappa shape index (κ2) is 6.00. The van der Waals surface area contributed by atoms with Crippen LogP contribution in [0.2, 0.25) is 0 Å². The van der Waals surface area contributed by atoms with E-state index in [0.29, 0.717) is 11.8 Å². The Hall–Kier alpha value is -0.880. The van der Waals surface area contributed by atoms with E-state index < -0.39 is 0 Å². The molecule has 0 amide bonds. The summed E-state index contributed by atoms with van der Waals surface area (Å²) in [4.78, 5) is 10.5. The van der Waals surface area contributed by atoms with E-state index in [0.717, 1.165) is 11.0 Å². The van der Waals surface area contributed by atoms with Crippen LogP contribution < -0.4 is 10.1 Å². The zero-order valence-electron chi connectivity index (χ0n) is 9.99. The molecule has 90 valence electrons. The average Bonchev–Trinajstić information content (AvgIpc) is 2.19. The number of rotatable bonds is 5. The monoisotopic (exact) mass is 288 g/mol. The fraction of sp³-hybridized carbons (Fsp3) is 0.600. The summed E-state index contributed by atoms with van der Waals surface area (Å²) in [6, 6.07) is 0.279. The maximum atomic E-state index is 5.10. The molecule has 1 aromatic rings. The molecule has 0 bridgehead atoms. The van der Waals surface area contributed by atoms with Crippen molar-refractivity contribution in [3.63, 3.8) is 0 Å². The molecule has 0 spiro atoms. The summed E-state index contributed by atoms with van der Waals surface area (Å²) >= 11 is 3.31. The van der Waals surface area contributed by atoms with Gasteiger partial charge in [-0.15, -0.1) is 0 Å². The Morgan fingerprint density at radius 1 is 1.56 bits per heavy atom. The molecule has 1 heterocycles. The van der Waals surface area contributed by atoms with Gasteiger partial charge in [-0.1, -0.05) is 0 Å². The van der Waals surface area contributed by atoms with Gasteiger partial charge in [-0.3, -0.25) is 0 Å². The van der Waals surface area contributed by atoms with Gasteiger partial charge in [0.25, 0.3) is 0 Å². The van der Waals surface area contributed by atoms with Crippen LogP contribution in [0.4, 0.5) is 5.95 Å². The van der Waals surface area contributed by atoms with Gasteiger partial charge in [0.05, 0.1) is 17.8 Å². The van der Waals surface area contributed by atoms with Gasteiger partial charge in [-0.2, -0.15) is 4.98 Å². The van der Waals surface area contributed by atoms with Crippen LogP contribution in [0.1, 0.15) is 6.92 Å². The molecule has 1 unspecified atom stereocenters. The Morgan fingerprint density at radius 3 is 2.81 bits per heavy atom. The highest BCUT2D eigenvalue weighted by atomic mass is 79.9. The lowest BCUT2D eigenvalue weighted by atomic mass is 10.3. The lowest BCUT2D eigenvalue weighted by Gasteiger charge is -2.18. The highest BCUT2D eigenvalue weighted by molar-refractivity contribution is 9.10. The van der Waals surface area contributed by atoms with E-state index in [2.05, 4.69) is 43.0 Å². The van der Waals surface area contributed by atoms with Crippen molar-refractivity contribution in [3.8, 4) is 5.88 Å². The fourth-order valence-corrected chi connectivity index (χ4v) is 1.73. The molecule has 0 radical (unpaired) electrons. The van der Waals surface area contributed by atoms with Crippen molar-refractivity contribution in [1.82, 2.24) is 14.9 Å². The predicted octanol–water partition coefficient (Wildman–Crippen LogP) is 1.61. The first-order chi connectivity index (χ1) is 7.52. The fourth-order valence-electron chi connectivity index (χ4n) is 1.38. The number of nitrogens with zero attached hydrogens (tertiary/aromatic N) is 3. The molecule has 1 aromatic heterocycles. The topological polar surface area (TPSA) is 50.3 Å². The van der Waals surface area contributed by atoms with Gasteiger partial charge in [-0.05, 0) is 36.9 Å². The Morgan fingerprint density at radius 2 is 2.25 bits per heavy atom. The summed E-state index contributed by atoms with van der Waals surface area (Å²) in [6.45, 7) is 3.00. The molecule has 0 fully saturated rings. The van der Waals surface area contributed by atoms with Crippen LogP contribution in [0, 0.1) is 0 Å². The Kier molecular flexibility index (Phi) is 4.95. The molecule has 6 heteroatoms. The number of ether oxygens (including phenoxy) is 1. The van der Waals surface area contributed by atoms with Crippen molar-refractivity contribution >= 4 is 21.9 Å². The number of anilines is 1. The number of halogens is 1. The molecular weight excluding hydrogens is 272 g/mol. The van der Waals surface area contributed by atoms with E-state index in [9.17, 15) is 0 Å². The maximum Gasteiger partial charge on any atom is 0.232 e. The second-order valence-corrected chi connectivity index (χ2v) is 4.71. The maximum absolute atomic E-state index is 5.10. The number of hydrogen-bond donors (Lipinski definition) is 1. The standard InChI is InChI=1S/C10H17BrN4O/c1-7(6-15(2)3)13-10-12-5-8(11)9(14-10)16-4/h5,7H,6H2,1-4H3,(H,12,13,14). The molecule has 16 heavy (non-hydrogen) atoms. The van der Waals surface area contributed by atoms with E-state index in [4.69, 9.17) is 4.74 Å². The second-order valence-electron chi connectivity index (χ2n) is 3.86. The normalized spacial score (nSPS) is 12.6. The minimum atomic E-state index is 0.279. The molecule has 0 aliphatic rings. The van der Waals surface area contributed by atoms with Crippen LogP contribution in [0.15, 0.2) is 10.7 Å². The largest absolute Gasteiger partial charge is 0.480 e. The van der Waals surface area contributed by atoms with E-state index >= 15 is 0 Å². The Labute approximate surface area is 104 Å². The van der Waals surface area contributed by atoms with Crippen LogP contribution >= 0.6 is 15.9 Å². The van der Waals surface area contributed by atoms with Crippen molar-refractivity contribution < 1.29 is 4.74 Å². The molecule has 0 aromatic carbocycles. The lowest BCUT2D eigenvalue weighted by molar-refractivity contribution is 0.387. The van der Waals surface area contributed by atoms with Crippen molar-refractivity contribution in [3.05, 3.63) is 10.7 Å². The van der Waals surface area contributed by atoms with Gasteiger partial charge in [0, 0.05) is 12.6 Å². The van der Waals surface area contributed by atoms with Crippen molar-refractivity contribution in [2.24, 2.45) is 0 Å². The van der Waals surface area contributed by atoms with Gasteiger partial charge in [0.1, 0.15) is 0 Å². The molecule has 0 saturated heterocycles. The highest BCUT2D eigenvalue weighted by Gasteiger charge is 2.08. The minimum Gasteiger partial charge on any atom is -0.480 e. The highest BCUT2D eigenvalue weighted by Crippen LogP contribution is 2.21. The number of likely N-dealkylation sites (N-methyl/N-ethyl adjacent to an activating group) is 1.